The van der Waals surface area contributed by atoms with Crippen molar-refractivity contribution in [2.45, 2.75) is 6.16 Å². The van der Waals surface area contributed by atoms with Gasteiger partial charge < -0.3 is 9.79 Å². The number of nitrogens with two attached hydrogens (primary N) is 1. The van der Waals surface area contributed by atoms with E-state index >= 15 is 0 Å². The highest BCUT2D eigenvalue weighted by Crippen LogP contribution is 2.56. The molecule has 2 unspecified atom stereocenters. The molecular weight excluding hydrogens is 240 g/mol. The van der Waals surface area contributed by atoms with Crippen LogP contribution in [0.1, 0.15) is 5.56 Å². The van der Waals surface area contributed by atoms with Gasteiger partial charge in [-0.15, -0.1) is 0 Å². The minimum atomic E-state index is -4.44. The minimum absolute atomic E-state index is 0.352. The molecule has 2 atom stereocenters. The molecule has 0 amide bonds. The normalized spacial score (nSPS) is 19.1. The van der Waals surface area contributed by atoms with Gasteiger partial charge in [0.15, 0.2) is 0 Å². The zero-order valence-electron chi connectivity index (χ0n) is 7.68. The maximum absolute atomic E-state index is 11.3. The van der Waals surface area contributed by atoms with E-state index in [0.29, 0.717) is 5.56 Å². The highest BCUT2D eigenvalue weighted by atomic mass is 31.3. The average molecular weight is 251 g/mol. The Morgan fingerprint density at radius 2 is 1.73 bits per heavy atom. The van der Waals surface area contributed by atoms with Crippen LogP contribution < -0.4 is 5.50 Å². The first-order chi connectivity index (χ1) is 6.79. The molecule has 15 heavy (non-hydrogen) atoms. The summed E-state index contributed by atoms with van der Waals surface area (Å²) in [4.78, 5) is 17.8. The fourth-order valence-corrected chi connectivity index (χ4v) is 3.39. The first-order valence-electron chi connectivity index (χ1n) is 3.97. The molecule has 0 aliphatic carbocycles. The lowest BCUT2D eigenvalue weighted by Crippen LogP contribution is -1.98. The van der Waals surface area contributed by atoms with E-state index in [1.807, 2.05) is 0 Å². The lowest BCUT2D eigenvalue weighted by Gasteiger charge is -2.13. The van der Waals surface area contributed by atoms with Crippen molar-refractivity contribution in [2.75, 3.05) is 0 Å². The van der Waals surface area contributed by atoms with Crippen molar-refractivity contribution in [1.29, 1.82) is 0 Å². The van der Waals surface area contributed by atoms with Gasteiger partial charge in [-0.05, 0) is 5.56 Å². The second kappa shape index (κ2) is 4.58. The minimum Gasteiger partial charge on any atom is -0.324 e. The molecule has 84 valence electrons. The van der Waals surface area contributed by atoms with E-state index in [4.69, 9.17) is 4.89 Å². The Kier molecular flexibility index (Phi) is 3.84. The first-order valence-corrected chi connectivity index (χ1v) is 7.38. The van der Waals surface area contributed by atoms with Gasteiger partial charge in [-0.1, -0.05) is 30.3 Å². The van der Waals surface area contributed by atoms with Crippen molar-refractivity contribution in [2.24, 2.45) is 5.50 Å². The van der Waals surface area contributed by atoms with E-state index < -0.39 is 15.3 Å². The fourth-order valence-electron chi connectivity index (χ4n) is 1.03. The predicted molar refractivity (Wildman–Crippen MR) is 55.1 cm³/mol. The van der Waals surface area contributed by atoms with E-state index in [1.165, 1.54) is 0 Å². The third-order valence-corrected chi connectivity index (χ3v) is 4.19. The van der Waals surface area contributed by atoms with Crippen LogP contribution in [0.4, 0.5) is 0 Å². The molecule has 1 aromatic carbocycles. The van der Waals surface area contributed by atoms with Gasteiger partial charge in [0.1, 0.15) is 0 Å². The van der Waals surface area contributed by atoms with Gasteiger partial charge in [0.05, 0.1) is 6.16 Å². The second-order valence-electron chi connectivity index (χ2n) is 2.93. The molecule has 8 heteroatoms. The van der Waals surface area contributed by atoms with Crippen molar-refractivity contribution in [3.8, 4) is 0 Å². The molecule has 0 radical (unpaired) electrons. The molecule has 6 nitrogen and oxygen atoms in total. The van der Waals surface area contributed by atoms with Crippen LogP contribution in [-0.4, -0.2) is 9.79 Å². The zero-order valence-corrected chi connectivity index (χ0v) is 9.47. The lowest BCUT2D eigenvalue weighted by molar-refractivity contribution is 0.332. The van der Waals surface area contributed by atoms with Crippen molar-refractivity contribution in [1.82, 2.24) is 0 Å². The smallest absolute Gasteiger partial charge is 0.324 e. The maximum atomic E-state index is 11.3. The van der Waals surface area contributed by atoms with Gasteiger partial charge in [-0.2, -0.15) is 0 Å². The van der Waals surface area contributed by atoms with Crippen molar-refractivity contribution >= 4 is 15.3 Å². The Balaban J connectivity index is 2.74. The van der Waals surface area contributed by atoms with E-state index in [-0.39, 0.29) is 6.16 Å². The molecule has 0 bridgehead atoms. The largest absolute Gasteiger partial charge is 0.407 e. The Bertz CT molecular complexity index is 415. The van der Waals surface area contributed by atoms with Crippen LogP contribution in [0, 0.1) is 0 Å². The summed E-state index contributed by atoms with van der Waals surface area (Å²) in [5.74, 6) is 0. The van der Waals surface area contributed by atoms with Crippen LogP contribution in [-0.2, 0) is 19.6 Å². The Morgan fingerprint density at radius 1 is 1.20 bits per heavy atom. The summed E-state index contributed by atoms with van der Waals surface area (Å²) < 4.78 is 25.9. The van der Waals surface area contributed by atoms with E-state index in [9.17, 15) is 14.0 Å². The molecule has 1 rings (SSSR count). The molecule has 0 saturated heterocycles. The average Bonchev–Trinajstić information content (AvgIpc) is 1.99. The number of hydrogen-bond acceptors (Lipinski definition) is 3. The van der Waals surface area contributed by atoms with Crippen molar-refractivity contribution in [3.63, 3.8) is 0 Å². The van der Waals surface area contributed by atoms with Gasteiger partial charge in [0, 0.05) is 0 Å². The van der Waals surface area contributed by atoms with Gasteiger partial charge >= 0.3 is 15.3 Å². The Labute approximate surface area is 86.8 Å². The fraction of sp³-hybridized carbons (Fsp3) is 0.143. The molecule has 1 aromatic rings. The Morgan fingerprint density at radius 3 is 2.20 bits per heavy atom. The molecular formula is C7H11NO5P2. The highest BCUT2D eigenvalue weighted by Gasteiger charge is 2.29. The number of rotatable bonds is 4. The van der Waals surface area contributed by atoms with Gasteiger partial charge in [0.2, 0.25) is 0 Å². The van der Waals surface area contributed by atoms with E-state index in [2.05, 4.69) is 9.81 Å². The van der Waals surface area contributed by atoms with E-state index in [0.717, 1.165) is 0 Å². The second-order valence-corrected chi connectivity index (χ2v) is 6.30. The van der Waals surface area contributed by atoms with Gasteiger partial charge in [-0.3, -0.25) is 4.57 Å². The van der Waals surface area contributed by atoms with Crippen LogP contribution in [0.5, 0.6) is 0 Å². The van der Waals surface area contributed by atoms with Crippen LogP contribution in [0.3, 0.4) is 0 Å². The van der Waals surface area contributed by atoms with Crippen LogP contribution in [0.2, 0.25) is 0 Å². The zero-order chi connectivity index (χ0) is 11.5. The third kappa shape index (κ3) is 5.23. The number of benzene rings is 1. The molecule has 0 aliphatic heterocycles. The topological polar surface area (TPSA) is 110 Å². The highest BCUT2D eigenvalue weighted by molar-refractivity contribution is 7.64. The summed E-state index contributed by atoms with van der Waals surface area (Å²) in [6.07, 6.45) is -0.352. The monoisotopic (exact) mass is 251 g/mol. The lowest BCUT2D eigenvalue weighted by atomic mass is 10.2. The van der Waals surface area contributed by atoms with Crippen molar-refractivity contribution in [3.05, 3.63) is 35.9 Å². The summed E-state index contributed by atoms with van der Waals surface area (Å²) in [7, 11) is -8.61. The standard InChI is InChI=1S/C7H11NO5P2/c8-15(11,12)13-14(9,10)6-7-4-2-1-3-5-7/h1-5H,6H2,(H,9,10)(H3,8,11,12). The van der Waals surface area contributed by atoms with E-state index in [1.54, 1.807) is 30.3 Å². The van der Waals surface area contributed by atoms with Crippen LogP contribution >= 0.6 is 15.3 Å². The third-order valence-electron chi connectivity index (χ3n) is 1.47. The maximum Gasteiger partial charge on any atom is 0.407 e. The van der Waals surface area contributed by atoms with Crippen molar-refractivity contribution < 1.29 is 23.2 Å². The molecule has 0 saturated carbocycles. The molecule has 0 fully saturated rings. The van der Waals surface area contributed by atoms with Crippen LogP contribution in [0.25, 0.3) is 0 Å². The molecule has 0 heterocycles. The van der Waals surface area contributed by atoms with Gasteiger partial charge in [-0.25, -0.2) is 14.4 Å². The SMILES string of the molecule is NP(=O)(O)OP(=O)(O)Cc1ccccc1. The summed E-state index contributed by atoms with van der Waals surface area (Å²) >= 11 is 0. The number of hydrogen-bond donors (Lipinski definition) is 3. The van der Waals surface area contributed by atoms with Gasteiger partial charge in [0.25, 0.3) is 0 Å². The molecule has 4 N–H and O–H groups in total. The summed E-state index contributed by atoms with van der Waals surface area (Å²) in [5.41, 5.74) is 5.16. The quantitative estimate of drug-likeness (QED) is 0.698. The molecule has 0 aliphatic rings. The first kappa shape index (κ1) is 12.6. The van der Waals surface area contributed by atoms with Crippen LogP contribution in [0.15, 0.2) is 30.3 Å². The summed E-state index contributed by atoms with van der Waals surface area (Å²) in [5, 5.41) is 0. The molecule has 0 aromatic heterocycles. The Hall–Kier alpha value is -0.480. The summed E-state index contributed by atoms with van der Waals surface area (Å²) in [6.45, 7) is 0. The summed E-state index contributed by atoms with van der Waals surface area (Å²) in [6, 6.07) is 8.30. The molecule has 0 spiro atoms. The predicted octanol–water partition coefficient (Wildman–Crippen LogP) is 1.45.